The van der Waals surface area contributed by atoms with Gasteiger partial charge in [0.25, 0.3) is 0 Å². The van der Waals surface area contributed by atoms with Crippen LogP contribution in [0.4, 0.5) is 12.9 Å². The van der Waals surface area contributed by atoms with Crippen LogP contribution in [-0.4, -0.2) is 33.5 Å². The van der Waals surface area contributed by atoms with Gasteiger partial charge in [0.1, 0.15) is 0 Å². The maximum absolute atomic E-state index is 9.67. The van der Waals surface area contributed by atoms with Crippen molar-refractivity contribution in [2.75, 3.05) is 0 Å². The summed E-state index contributed by atoms with van der Waals surface area (Å²) in [5.41, 5.74) is 0. The molecule has 0 radical (unpaired) electrons. The Hall–Kier alpha value is 0.830. The molecule has 0 heterocycles. The van der Waals surface area contributed by atoms with Crippen LogP contribution in [-0.2, 0) is 24.4 Å². The molecule has 0 aliphatic carbocycles. The smallest absolute Gasteiger partial charge is 0.725 e. The van der Waals surface area contributed by atoms with Crippen LogP contribution < -0.4 is 37.7 Å². The van der Waals surface area contributed by atoms with Crippen molar-refractivity contribution in [3.05, 3.63) is 0 Å². The van der Waals surface area contributed by atoms with Crippen molar-refractivity contribution < 1.29 is 80.2 Å². The first-order valence-corrected chi connectivity index (χ1v) is 4.65. The topological polar surface area (TPSA) is 124 Å². The van der Waals surface area contributed by atoms with Gasteiger partial charge in [0.15, 0.2) is 0 Å². The fraction of sp³-hybridized carbons (Fsp3) is 0. The standard InChI is InChI=1S/BF3.2Li.H2O7S2/c2-1(3)4;;;1-8(2,3)7-9(4,5)6/h;;;(H,1,2,3)(H,4,5,6)/q;2*+1;/p-2. The largest absolute Gasteiger partial charge is 1.00 e. The Kier molecular flexibility index (Phi) is 16.6. The van der Waals surface area contributed by atoms with Crippen LogP contribution in [0.1, 0.15) is 0 Å². The normalized spacial score (nSPS) is 9.93. The average Bonchev–Trinajstić information content (AvgIpc) is 1.47. The minimum Gasteiger partial charge on any atom is -0.725 e. The van der Waals surface area contributed by atoms with E-state index in [-0.39, 0.29) is 37.7 Å². The second kappa shape index (κ2) is 10.0. The maximum Gasteiger partial charge on any atom is 1.00 e. The van der Waals surface area contributed by atoms with E-state index >= 15 is 0 Å². The molecule has 7 nitrogen and oxygen atoms in total. The van der Waals surface area contributed by atoms with E-state index in [2.05, 4.69) is 3.63 Å². The quantitative estimate of drug-likeness (QED) is 0.273. The van der Waals surface area contributed by atoms with Crippen molar-refractivity contribution in [1.82, 2.24) is 0 Å². The van der Waals surface area contributed by atoms with Crippen LogP contribution in [0.2, 0.25) is 0 Å². The molecule has 0 atom stereocenters. The molecule has 80 valence electrons. The van der Waals surface area contributed by atoms with Crippen molar-refractivity contribution in [3.8, 4) is 0 Å². The molecule has 0 saturated carbocycles. The van der Waals surface area contributed by atoms with Gasteiger partial charge in [-0.1, -0.05) is 0 Å². The van der Waals surface area contributed by atoms with Crippen LogP contribution in [0.25, 0.3) is 0 Å². The van der Waals surface area contributed by atoms with E-state index in [0.29, 0.717) is 0 Å². The van der Waals surface area contributed by atoms with Crippen LogP contribution in [0.15, 0.2) is 0 Å². The average molecular weight is 258 g/mol. The summed E-state index contributed by atoms with van der Waals surface area (Å²) in [6, 6.07) is 0. The molecule has 0 N–H and O–H groups in total. The molecular weight excluding hydrogens is 258 g/mol. The van der Waals surface area contributed by atoms with Crippen LogP contribution in [0, 0.1) is 0 Å². The molecule has 0 aliphatic heterocycles. The fourth-order valence-corrected chi connectivity index (χ4v) is 0.919. The number of hydrogen-bond acceptors (Lipinski definition) is 7. The van der Waals surface area contributed by atoms with Gasteiger partial charge in [0.05, 0.1) is 0 Å². The molecule has 0 aliphatic rings. The molecule has 0 bridgehead atoms. The van der Waals surface area contributed by atoms with Crippen molar-refractivity contribution in [2.24, 2.45) is 0 Å². The minimum absolute atomic E-state index is 0. The third-order valence-corrected chi connectivity index (χ3v) is 1.50. The van der Waals surface area contributed by atoms with Gasteiger partial charge in [-0.05, 0) is 0 Å². The van der Waals surface area contributed by atoms with E-state index in [9.17, 15) is 38.9 Å². The predicted molar refractivity (Wildman–Crippen MR) is 29.6 cm³/mol. The zero-order valence-corrected chi connectivity index (χ0v) is 9.02. The SMILES string of the molecule is FB(F)F.O=S(=O)([O-])OS(=O)(=O)[O-].[Li+].[Li+]. The van der Waals surface area contributed by atoms with Crippen molar-refractivity contribution >= 4 is 28.3 Å². The van der Waals surface area contributed by atoms with Crippen molar-refractivity contribution in [2.45, 2.75) is 0 Å². The van der Waals surface area contributed by atoms with Crippen LogP contribution >= 0.6 is 0 Å². The van der Waals surface area contributed by atoms with Gasteiger partial charge in [0.2, 0.25) is 20.8 Å². The summed E-state index contributed by atoms with van der Waals surface area (Å²) < 4.78 is 87.2. The number of halogens is 3. The Morgan fingerprint density at radius 3 is 1.00 bits per heavy atom. The van der Waals surface area contributed by atoms with Gasteiger partial charge in [0, 0.05) is 0 Å². The number of rotatable bonds is 2. The van der Waals surface area contributed by atoms with Crippen LogP contribution in [0.3, 0.4) is 0 Å². The molecule has 0 unspecified atom stereocenters. The van der Waals surface area contributed by atoms with E-state index in [1.807, 2.05) is 0 Å². The first kappa shape index (κ1) is 24.9. The van der Waals surface area contributed by atoms with Gasteiger partial charge in [-0.3, -0.25) is 12.9 Å². The molecule has 0 spiro atoms. The van der Waals surface area contributed by atoms with Gasteiger partial charge in [-0.15, -0.1) is 0 Å². The third kappa shape index (κ3) is 52.3. The molecule has 0 aromatic heterocycles. The van der Waals surface area contributed by atoms with E-state index in [1.54, 1.807) is 0 Å². The molecule has 0 aromatic carbocycles. The summed E-state index contributed by atoms with van der Waals surface area (Å²) in [6.07, 6.45) is 0. The Bertz CT molecular complexity index is 289. The van der Waals surface area contributed by atoms with Gasteiger partial charge >= 0.3 is 45.3 Å². The first-order chi connectivity index (χ1) is 5.44. The van der Waals surface area contributed by atoms with E-state index < -0.39 is 28.3 Å². The molecule has 0 fully saturated rings. The molecule has 0 saturated heterocycles. The molecule has 0 rings (SSSR count). The van der Waals surface area contributed by atoms with Crippen LogP contribution in [0.5, 0.6) is 0 Å². The maximum atomic E-state index is 9.67. The monoisotopic (exact) mass is 258 g/mol. The van der Waals surface area contributed by atoms with E-state index in [0.717, 1.165) is 0 Å². The molecular formula is BF3Li2O7S2. The molecule has 15 heteroatoms. The summed E-state index contributed by atoms with van der Waals surface area (Å²) in [5.74, 6) is 0. The zero-order valence-electron chi connectivity index (χ0n) is 7.39. The predicted octanol–water partition coefficient (Wildman–Crippen LogP) is -7.19. The molecule has 0 aromatic rings. The molecule has 0 amide bonds. The Morgan fingerprint density at radius 1 is 0.867 bits per heavy atom. The first-order valence-electron chi connectivity index (χ1n) is 1.99. The Balaban J connectivity index is -0.0000000883. The second-order valence-electron chi connectivity index (χ2n) is 1.13. The summed E-state index contributed by atoms with van der Waals surface area (Å²) >= 11 is 0. The Morgan fingerprint density at radius 2 is 1.00 bits per heavy atom. The van der Waals surface area contributed by atoms with Crippen molar-refractivity contribution in [3.63, 3.8) is 0 Å². The second-order valence-corrected chi connectivity index (χ2v) is 3.31. The summed E-state index contributed by atoms with van der Waals surface area (Å²) in [4.78, 5) is 0. The van der Waals surface area contributed by atoms with Gasteiger partial charge < -0.3 is 9.11 Å². The fourth-order valence-electron chi connectivity index (χ4n) is 0.102. The van der Waals surface area contributed by atoms with E-state index in [1.165, 1.54) is 0 Å². The van der Waals surface area contributed by atoms with Gasteiger partial charge in [-0.2, -0.15) is 3.63 Å². The Labute approximate surface area is 108 Å². The summed E-state index contributed by atoms with van der Waals surface area (Å²) in [7, 11) is -14.5. The molecule has 15 heavy (non-hydrogen) atoms. The third-order valence-electron chi connectivity index (χ3n) is 0.167. The summed E-state index contributed by atoms with van der Waals surface area (Å²) in [5, 5.41) is 0. The van der Waals surface area contributed by atoms with Gasteiger partial charge in [-0.25, -0.2) is 16.8 Å². The minimum atomic E-state index is -5.43. The van der Waals surface area contributed by atoms with Crippen molar-refractivity contribution in [1.29, 1.82) is 0 Å². The zero-order chi connectivity index (χ0) is 11.3. The van der Waals surface area contributed by atoms with E-state index in [4.69, 9.17) is 0 Å². The number of hydrogen-bond donors (Lipinski definition) is 0. The summed E-state index contributed by atoms with van der Waals surface area (Å²) in [6.45, 7) is 0.